The Kier molecular flexibility index (Phi) is 19.3. The lowest BCUT2D eigenvalue weighted by Gasteiger charge is -2.39. The van der Waals surface area contributed by atoms with Gasteiger partial charge in [-0.15, -0.1) is 0 Å². The summed E-state index contributed by atoms with van der Waals surface area (Å²) >= 11 is 0. The van der Waals surface area contributed by atoms with Crippen LogP contribution >= 0.6 is 0 Å². The largest absolute Gasteiger partial charge is 0.673 e. The van der Waals surface area contributed by atoms with E-state index in [1.807, 2.05) is 95.3 Å². The van der Waals surface area contributed by atoms with Gasteiger partial charge in [-0.3, -0.25) is 0 Å². The molecule has 0 atom stereocenters. The molecule has 0 spiro atoms. The first-order valence-corrected chi connectivity index (χ1v) is 28.5. The van der Waals surface area contributed by atoms with Crippen molar-refractivity contribution in [3.8, 4) is 0 Å². The predicted molar refractivity (Wildman–Crippen MR) is 198 cm³/mol. The number of benzene rings is 2. The van der Waals surface area contributed by atoms with Crippen LogP contribution in [0, 0.1) is 0 Å². The van der Waals surface area contributed by atoms with Gasteiger partial charge in [-0.2, -0.15) is 0 Å². The van der Waals surface area contributed by atoms with E-state index in [-0.39, 0.29) is 0 Å². The lowest BCUT2D eigenvalue weighted by atomic mass is 10.2. The number of hydrogen-bond acceptors (Lipinski definition) is 11. The van der Waals surface area contributed by atoms with Crippen LogP contribution in [0.3, 0.4) is 0 Å². The zero-order valence-corrected chi connectivity index (χ0v) is 35.8. The molecule has 0 aliphatic heterocycles. The number of rotatable bonds is 27. The normalized spacial score (nSPS) is 13.3. The summed E-state index contributed by atoms with van der Waals surface area (Å²) in [5.41, 5.74) is 0. The van der Waals surface area contributed by atoms with Crippen LogP contribution in [0.5, 0.6) is 0 Å². The molecule has 0 aliphatic carbocycles. The zero-order valence-electron chi connectivity index (χ0n) is 30.8. The molecule has 0 fully saturated rings. The molecule has 0 saturated carbocycles. The van der Waals surface area contributed by atoms with Crippen LogP contribution in [0.4, 0.5) is 0 Å². The SMILES string of the molecule is CCO[Si](OCC)(OCC)O[Si](OCC)(OCC)OCCCCCOO[Si](O[Si](C)(C)O[Si](C)(C)C)(c1ccccc1)c1ccccc1. The highest BCUT2D eigenvalue weighted by Gasteiger charge is 2.59. The van der Waals surface area contributed by atoms with E-state index in [4.69, 9.17) is 48.4 Å². The third-order valence-electron chi connectivity index (χ3n) is 6.43. The molecule has 0 bridgehead atoms. The molecule has 0 N–H and O–H groups in total. The smallest absolute Gasteiger partial charge is 0.437 e. The fraction of sp³-hybridized carbons (Fsp3) is 0.625. The van der Waals surface area contributed by atoms with Crippen molar-refractivity contribution in [3.63, 3.8) is 0 Å². The van der Waals surface area contributed by atoms with Gasteiger partial charge in [0.05, 0.1) is 6.61 Å². The van der Waals surface area contributed by atoms with E-state index < -0.39 is 43.5 Å². The van der Waals surface area contributed by atoms with E-state index in [1.54, 1.807) is 0 Å². The first kappa shape index (κ1) is 43.2. The van der Waals surface area contributed by atoms with Gasteiger partial charge in [0, 0.05) is 39.6 Å². The minimum absolute atomic E-state index is 0.339. The molecule has 0 amide bonds. The highest BCUT2D eigenvalue weighted by atomic mass is 28.5. The van der Waals surface area contributed by atoms with Gasteiger partial charge in [0.25, 0.3) is 0 Å². The van der Waals surface area contributed by atoms with Gasteiger partial charge in [-0.1, -0.05) is 60.7 Å². The van der Waals surface area contributed by atoms with Crippen LogP contribution in [0.15, 0.2) is 60.7 Å². The number of hydrogen-bond donors (Lipinski definition) is 0. The Labute approximate surface area is 294 Å². The van der Waals surface area contributed by atoms with E-state index >= 15 is 0 Å². The fourth-order valence-electron chi connectivity index (χ4n) is 5.04. The minimum atomic E-state index is -3.64. The Morgan fingerprint density at radius 2 is 0.875 bits per heavy atom. The van der Waals surface area contributed by atoms with Crippen molar-refractivity contribution >= 4 is 53.9 Å². The van der Waals surface area contributed by atoms with Gasteiger partial charge in [-0.05, 0) is 97.0 Å². The first-order chi connectivity index (χ1) is 22.8. The van der Waals surface area contributed by atoms with Crippen LogP contribution in [0.25, 0.3) is 0 Å². The average molecular weight is 761 g/mol. The predicted octanol–water partition coefficient (Wildman–Crippen LogP) is 6.02. The fourth-order valence-corrected chi connectivity index (χ4v) is 22.7. The molecular formula is C32H60O11Si5. The Bertz CT molecular complexity index is 1060. The Morgan fingerprint density at radius 1 is 0.458 bits per heavy atom. The minimum Gasteiger partial charge on any atom is -0.437 e. The van der Waals surface area contributed by atoms with Crippen LogP contribution in [0.1, 0.15) is 53.9 Å². The maximum atomic E-state index is 7.05. The second kappa shape index (κ2) is 21.4. The molecule has 0 heterocycles. The van der Waals surface area contributed by atoms with E-state index in [2.05, 4.69) is 32.7 Å². The molecule has 0 aromatic heterocycles. The molecule has 11 nitrogen and oxygen atoms in total. The summed E-state index contributed by atoms with van der Waals surface area (Å²) in [6, 6.07) is 20.2. The van der Waals surface area contributed by atoms with E-state index in [0.29, 0.717) is 52.7 Å². The Balaban J connectivity index is 2.12. The van der Waals surface area contributed by atoms with Crippen molar-refractivity contribution in [2.24, 2.45) is 0 Å². The molecular weight excluding hydrogens is 701 g/mol. The molecule has 274 valence electrons. The maximum absolute atomic E-state index is 7.05. The molecule has 48 heavy (non-hydrogen) atoms. The Hall–Kier alpha value is -0.916. The monoisotopic (exact) mass is 760 g/mol. The summed E-state index contributed by atoms with van der Waals surface area (Å²) < 4.78 is 62.5. The van der Waals surface area contributed by atoms with Crippen LogP contribution in [-0.2, 0) is 48.4 Å². The molecule has 0 radical (unpaired) electrons. The first-order valence-electron chi connectivity index (χ1n) is 17.2. The second-order valence-electron chi connectivity index (χ2n) is 12.1. The molecule has 0 aliphatic rings. The summed E-state index contributed by atoms with van der Waals surface area (Å²) in [7, 11) is -15.0. The van der Waals surface area contributed by atoms with Crippen molar-refractivity contribution in [2.45, 2.75) is 86.6 Å². The molecule has 2 rings (SSSR count). The number of unbranched alkanes of at least 4 members (excludes halogenated alkanes) is 2. The summed E-state index contributed by atoms with van der Waals surface area (Å²) in [4.78, 5) is 6.02. The quantitative estimate of drug-likeness (QED) is 0.0463. The lowest BCUT2D eigenvalue weighted by molar-refractivity contribution is -0.225. The Morgan fingerprint density at radius 3 is 1.29 bits per heavy atom. The zero-order chi connectivity index (χ0) is 35.6. The summed E-state index contributed by atoms with van der Waals surface area (Å²) in [5.74, 6) is 0. The molecule has 16 heteroatoms. The third-order valence-corrected chi connectivity index (χ3v) is 22.3. The van der Waals surface area contributed by atoms with Crippen molar-refractivity contribution in [1.82, 2.24) is 0 Å². The molecule has 2 aromatic rings. The average Bonchev–Trinajstić information content (AvgIpc) is 3.02. The van der Waals surface area contributed by atoms with E-state index in [9.17, 15) is 0 Å². The van der Waals surface area contributed by atoms with Crippen LogP contribution < -0.4 is 10.4 Å². The van der Waals surface area contributed by atoms with Gasteiger partial charge in [0.1, 0.15) is 0 Å². The van der Waals surface area contributed by atoms with Gasteiger partial charge < -0.3 is 38.9 Å². The molecule has 0 saturated heterocycles. The van der Waals surface area contributed by atoms with Gasteiger partial charge >= 0.3 is 35.2 Å². The maximum Gasteiger partial charge on any atom is 0.673 e. The topological polar surface area (TPSA) is 102 Å². The van der Waals surface area contributed by atoms with Gasteiger partial charge in [-0.25, -0.2) is 9.46 Å². The van der Waals surface area contributed by atoms with Crippen molar-refractivity contribution in [1.29, 1.82) is 0 Å². The van der Waals surface area contributed by atoms with Crippen LogP contribution in [0.2, 0.25) is 32.7 Å². The highest BCUT2D eigenvalue weighted by Crippen LogP contribution is 2.24. The summed E-state index contributed by atoms with van der Waals surface area (Å²) in [5, 5.41) is 1.92. The van der Waals surface area contributed by atoms with Gasteiger partial charge in [0.2, 0.25) is 0 Å². The summed E-state index contributed by atoms with van der Waals surface area (Å²) in [6.45, 7) is 22.5. The lowest BCUT2D eigenvalue weighted by Crippen LogP contribution is -2.68. The van der Waals surface area contributed by atoms with E-state index in [1.165, 1.54) is 0 Å². The van der Waals surface area contributed by atoms with Crippen molar-refractivity contribution in [2.75, 3.05) is 46.2 Å². The second-order valence-corrected chi connectivity index (χ2v) is 27.9. The highest BCUT2D eigenvalue weighted by molar-refractivity contribution is 6.98. The van der Waals surface area contributed by atoms with Crippen LogP contribution in [-0.4, -0.2) is 89.8 Å². The van der Waals surface area contributed by atoms with E-state index in [0.717, 1.165) is 23.2 Å². The molecule has 2 aromatic carbocycles. The van der Waals surface area contributed by atoms with Crippen molar-refractivity contribution in [3.05, 3.63) is 60.7 Å². The van der Waals surface area contributed by atoms with Gasteiger partial charge in [0.15, 0.2) is 8.32 Å². The third kappa shape index (κ3) is 14.4. The summed E-state index contributed by atoms with van der Waals surface area (Å²) in [6.07, 6.45) is 2.26. The molecule has 0 unspecified atom stereocenters. The van der Waals surface area contributed by atoms with Crippen molar-refractivity contribution < 1.29 is 48.4 Å². The standard InChI is InChI=1S/C32H60O11Si5/c1-11-34-47(35-12-2,36-13-3)43-48(37-14-4,38-15-5)39-30-24-18-23-29-33-40-46(31-25-19-16-20-26-31,32-27-21-17-22-28-32)42-45(9,10)41-44(6,7)8/h16-17,19-22,25-28H,11-15,18,23-24,29-30H2,1-10H3.